The van der Waals surface area contributed by atoms with Crippen LogP contribution in [0.15, 0.2) is 47.7 Å². The average molecular weight is 313 g/mol. The van der Waals surface area contributed by atoms with Crippen molar-refractivity contribution in [3.05, 3.63) is 48.3 Å². The molecule has 1 aromatic heterocycles. The number of fused-ring (bicyclic) bond motifs is 1. The van der Waals surface area contributed by atoms with Gasteiger partial charge in [0.05, 0.1) is 13.1 Å². The lowest BCUT2D eigenvalue weighted by molar-refractivity contribution is 0.241. The number of ether oxygens (including phenoxy) is 1. The van der Waals surface area contributed by atoms with Crippen molar-refractivity contribution >= 4 is 5.96 Å². The second kappa shape index (κ2) is 7.67. The fraction of sp³-hybridized carbons (Fsp3) is 0.412. The Labute approximate surface area is 136 Å². The summed E-state index contributed by atoms with van der Waals surface area (Å²) >= 11 is 0. The number of nitrogens with zero attached hydrogens (tertiary/aromatic N) is 3. The number of hydrogen-bond donors (Lipinski definition) is 2. The lowest BCUT2D eigenvalue weighted by atomic mass is 10.1. The molecule has 0 spiro atoms. The minimum absolute atomic E-state index is 0.119. The maximum atomic E-state index is 5.92. The van der Waals surface area contributed by atoms with Crippen LogP contribution in [0.1, 0.15) is 12.5 Å². The molecule has 0 bridgehead atoms. The molecule has 0 saturated heterocycles. The fourth-order valence-electron chi connectivity index (χ4n) is 2.61. The van der Waals surface area contributed by atoms with Crippen LogP contribution in [0.3, 0.4) is 0 Å². The SMILES string of the molecule is CCNC(=NCC1Cc2ccccc2O1)NCCn1cccn1. The zero-order valence-electron chi connectivity index (χ0n) is 13.4. The summed E-state index contributed by atoms with van der Waals surface area (Å²) in [5.41, 5.74) is 1.27. The van der Waals surface area contributed by atoms with Gasteiger partial charge in [0.15, 0.2) is 5.96 Å². The molecule has 2 heterocycles. The van der Waals surface area contributed by atoms with E-state index in [2.05, 4.69) is 39.8 Å². The van der Waals surface area contributed by atoms with Crippen LogP contribution in [0.2, 0.25) is 0 Å². The molecule has 6 nitrogen and oxygen atoms in total. The molecule has 2 N–H and O–H groups in total. The van der Waals surface area contributed by atoms with Crippen molar-refractivity contribution in [1.82, 2.24) is 20.4 Å². The molecule has 1 atom stereocenters. The zero-order valence-corrected chi connectivity index (χ0v) is 13.4. The van der Waals surface area contributed by atoms with Gasteiger partial charge in [-0.1, -0.05) is 18.2 Å². The van der Waals surface area contributed by atoms with E-state index in [1.807, 2.05) is 29.1 Å². The van der Waals surface area contributed by atoms with Gasteiger partial charge in [0.1, 0.15) is 11.9 Å². The Balaban J connectivity index is 1.49. The molecule has 6 heteroatoms. The fourth-order valence-corrected chi connectivity index (χ4v) is 2.61. The Hall–Kier alpha value is -2.50. The van der Waals surface area contributed by atoms with Gasteiger partial charge in [-0.15, -0.1) is 0 Å². The van der Waals surface area contributed by atoms with E-state index in [4.69, 9.17) is 4.74 Å². The maximum Gasteiger partial charge on any atom is 0.191 e. The quantitative estimate of drug-likeness (QED) is 0.626. The van der Waals surface area contributed by atoms with E-state index < -0.39 is 0 Å². The molecule has 122 valence electrons. The van der Waals surface area contributed by atoms with Crippen molar-refractivity contribution < 1.29 is 4.74 Å². The van der Waals surface area contributed by atoms with Crippen LogP contribution >= 0.6 is 0 Å². The van der Waals surface area contributed by atoms with Gasteiger partial charge in [0, 0.05) is 31.9 Å². The van der Waals surface area contributed by atoms with Gasteiger partial charge in [-0.05, 0) is 24.6 Å². The molecule has 0 saturated carbocycles. The Bertz CT molecular complexity index is 613. The highest BCUT2D eigenvalue weighted by Crippen LogP contribution is 2.28. The van der Waals surface area contributed by atoms with Crippen LogP contribution in [0.25, 0.3) is 0 Å². The molecule has 23 heavy (non-hydrogen) atoms. The first kappa shape index (κ1) is 15.4. The Morgan fingerprint density at radius 2 is 2.26 bits per heavy atom. The van der Waals surface area contributed by atoms with Crippen LogP contribution in [-0.2, 0) is 13.0 Å². The summed E-state index contributed by atoms with van der Waals surface area (Å²) in [4.78, 5) is 4.64. The molecule has 1 aliphatic rings. The summed E-state index contributed by atoms with van der Waals surface area (Å²) in [5, 5.41) is 10.8. The second-order valence-corrected chi connectivity index (χ2v) is 5.47. The van der Waals surface area contributed by atoms with E-state index in [0.29, 0.717) is 6.54 Å². The van der Waals surface area contributed by atoms with E-state index in [0.717, 1.165) is 37.8 Å². The number of nitrogens with one attached hydrogen (secondary N) is 2. The Morgan fingerprint density at radius 1 is 1.35 bits per heavy atom. The van der Waals surface area contributed by atoms with Crippen LogP contribution in [-0.4, -0.2) is 41.5 Å². The maximum absolute atomic E-state index is 5.92. The predicted molar refractivity (Wildman–Crippen MR) is 90.8 cm³/mol. The second-order valence-electron chi connectivity index (χ2n) is 5.47. The average Bonchev–Trinajstić information content (AvgIpc) is 3.21. The zero-order chi connectivity index (χ0) is 15.9. The molecule has 0 aliphatic carbocycles. The monoisotopic (exact) mass is 313 g/mol. The number of para-hydroxylation sites is 1. The van der Waals surface area contributed by atoms with Crippen LogP contribution in [0.4, 0.5) is 0 Å². The number of benzene rings is 1. The van der Waals surface area contributed by atoms with E-state index in [-0.39, 0.29) is 6.10 Å². The van der Waals surface area contributed by atoms with E-state index >= 15 is 0 Å². The number of guanidine groups is 1. The van der Waals surface area contributed by atoms with Gasteiger partial charge >= 0.3 is 0 Å². The molecule has 0 amide bonds. The lowest BCUT2D eigenvalue weighted by Gasteiger charge is -2.13. The van der Waals surface area contributed by atoms with Gasteiger partial charge < -0.3 is 15.4 Å². The third kappa shape index (κ3) is 4.25. The molecule has 3 rings (SSSR count). The van der Waals surface area contributed by atoms with E-state index in [1.54, 1.807) is 6.20 Å². The normalized spacial score (nSPS) is 16.7. The lowest BCUT2D eigenvalue weighted by Crippen LogP contribution is -2.39. The highest BCUT2D eigenvalue weighted by molar-refractivity contribution is 5.79. The third-order valence-corrected chi connectivity index (χ3v) is 3.70. The van der Waals surface area contributed by atoms with Crippen molar-refractivity contribution in [3.63, 3.8) is 0 Å². The van der Waals surface area contributed by atoms with Gasteiger partial charge in [-0.25, -0.2) is 4.99 Å². The van der Waals surface area contributed by atoms with Crippen LogP contribution < -0.4 is 15.4 Å². The predicted octanol–water partition coefficient (Wildman–Crippen LogP) is 1.44. The number of hydrogen-bond acceptors (Lipinski definition) is 3. The molecule has 2 aromatic rings. The van der Waals surface area contributed by atoms with Crippen molar-refractivity contribution in [2.24, 2.45) is 4.99 Å². The van der Waals surface area contributed by atoms with Crippen LogP contribution in [0.5, 0.6) is 5.75 Å². The largest absolute Gasteiger partial charge is 0.488 e. The van der Waals surface area contributed by atoms with Crippen molar-refractivity contribution in [3.8, 4) is 5.75 Å². The van der Waals surface area contributed by atoms with E-state index in [1.165, 1.54) is 5.56 Å². The summed E-state index contributed by atoms with van der Waals surface area (Å²) in [6, 6.07) is 10.1. The molecule has 1 aromatic carbocycles. The first-order chi connectivity index (χ1) is 11.3. The van der Waals surface area contributed by atoms with E-state index in [9.17, 15) is 0 Å². The highest BCUT2D eigenvalue weighted by Gasteiger charge is 2.21. The third-order valence-electron chi connectivity index (χ3n) is 3.70. The molecule has 0 fully saturated rings. The van der Waals surface area contributed by atoms with Crippen molar-refractivity contribution in [2.75, 3.05) is 19.6 Å². The molecule has 1 unspecified atom stereocenters. The smallest absolute Gasteiger partial charge is 0.191 e. The first-order valence-electron chi connectivity index (χ1n) is 8.09. The Kier molecular flexibility index (Phi) is 5.13. The van der Waals surface area contributed by atoms with Gasteiger partial charge in [-0.3, -0.25) is 4.68 Å². The first-order valence-corrected chi connectivity index (χ1v) is 8.09. The van der Waals surface area contributed by atoms with Crippen molar-refractivity contribution in [1.29, 1.82) is 0 Å². The van der Waals surface area contributed by atoms with Gasteiger partial charge in [0.2, 0.25) is 0 Å². The minimum atomic E-state index is 0.119. The minimum Gasteiger partial charge on any atom is -0.488 e. The summed E-state index contributed by atoms with van der Waals surface area (Å²) < 4.78 is 7.82. The standard InChI is InChI=1S/C17H23N5O/c1-2-18-17(19-9-11-22-10-5-8-21-22)20-13-15-12-14-6-3-4-7-16(14)23-15/h3-8,10,15H,2,9,11-13H2,1H3,(H2,18,19,20). The van der Waals surface area contributed by atoms with Crippen molar-refractivity contribution in [2.45, 2.75) is 26.0 Å². The van der Waals surface area contributed by atoms with Gasteiger partial charge in [0.25, 0.3) is 0 Å². The molecular formula is C17H23N5O. The molecule has 1 aliphatic heterocycles. The molecular weight excluding hydrogens is 290 g/mol. The number of aliphatic imine (C=N–C) groups is 1. The summed E-state index contributed by atoms with van der Waals surface area (Å²) in [7, 11) is 0. The summed E-state index contributed by atoms with van der Waals surface area (Å²) in [6.45, 7) is 5.12. The summed E-state index contributed by atoms with van der Waals surface area (Å²) in [5.74, 6) is 1.81. The number of rotatable bonds is 6. The van der Waals surface area contributed by atoms with Gasteiger partial charge in [-0.2, -0.15) is 5.10 Å². The molecule has 0 radical (unpaired) electrons. The Morgan fingerprint density at radius 3 is 3.04 bits per heavy atom. The summed E-state index contributed by atoms with van der Waals surface area (Å²) in [6.07, 6.45) is 4.78. The van der Waals surface area contributed by atoms with Crippen LogP contribution in [0, 0.1) is 0 Å². The topological polar surface area (TPSA) is 63.5 Å². The number of aromatic nitrogens is 2. The highest BCUT2D eigenvalue weighted by atomic mass is 16.5.